The molecule has 0 heterocycles. The van der Waals surface area contributed by atoms with E-state index in [-0.39, 0.29) is 11.9 Å². The monoisotopic (exact) mass is 332 g/mol. The molecule has 0 amide bonds. The highest BCUT2D eigenvalue weighted by Gasteiger charge is 2.08. The van der Waals surface area contributed by atoms with Gasteiger partial charge in [0.25, 0.3) is 0 Å². The van der Waals surface area contributed by atoms with Gasteiger partial charge in [0.05, 0.1) is 11.6 Å². The molecule has 0 saturated heterocycles. The molecule has 0 radical (unpaired) electrons. The number of nitrogens with one attached hydrogen (secondary N) is 1. The van der Waals surface area contributed by atoms with Gasteiger partial charge in [-0.1, -0.05) is 28.1 Å². The maximum atomic E-state index is 13.7. The Balaban J connectivity index is 2.07. The van der Waals surface area contributed by atoms with Crippen LogP contribution in [0.25, 0.3) is 0 Å². The van der Waals surface area contributed by atoms with Gasteiger partial charge in [-0.2, -0.15) is 5.26 Å². The third-order valence-corrected chi connectivity index (χ3v) is 3.62. The van der Waals surface area contributed by atoms with Crippen LogP contribution in [0.2, 0.25) is 0 Å². The molecule has 0 bridgehead atoms. The summed E-state index contributed by atoms with van der Waals surface area (Å²) in [5.74, 6) is -0.294. The normalized spacial score (nSPS) is 11.9. The number of rotatable bonds is 4. The van der Waals surface area contributed by atoms with Crippen LogP contribution in [-0.2, 0) is 6.54 Å². The largest absolute Gasteiger partial charge is 0.306 e. The molecule has 2 rings (SSSR count). The molecule has 2 nitrogen and oxygen atoms in total. The molecule has 1 N–H and O–H groups in total. The standard InChI is InChI=1S/C16H14BrFN2/c1-11(13-3-2-4-15(17)8-13)20-10-14-7-12(9-19)5-6-16(14)18/h2-8,11,20H,10H2,1H3/t11-/m0/s1. The lowest BCUT2D eigenvalue weighted by atomic mass is 10.1. The van der Waals surface area contributed by atoms with Gasteiger partial charge in [-0.15, -0.1) is 0 Å². The maximum absolute atomic E-state index is 13.7. The fourth-order valence-corrected chi connectivity index (χ4v) is 2.35. The van der Waals surface area contributed by atoms with Gasteiger partial charge in [-0.25, -0.2) is 4.39 Å². The molecule has 4 heteroatoms. The first kappa shape index (κ1) is 14.7. The van der Waals surface area contributed by atoms with E-state index in [0.717, 1.165) is 10.0 Å². The van der Waals surface area contributed by atoms with E-state index in [1.54, 1.807) is 6.07 Å². The lowest BCUT2D eigenvalue weighted by Crippen LogP contribution is -2.18. The average Bonchev–Trinajstić information content (AvgIpc) is 2.46. The van der Waals surface area contributed by atoms with Crippen molar-refractivity contribution in [3.8, 4) is 6.07 Å². The molecule has 0 unspecified atom stereocenters. The summed E-state index contributed by atoms with van der Waals surface area (Å²) < 4.78 is 14.7. The topological polar surface area (TPSA) is 35.8 Å². The maximum Gasteiger partial charge on any atom is 0.127 e. The zero-order chi connectivity index (χ0) is 14.5. The summed E-state index contributed by atoms with van der Waals surface area (Å²) in [6.45, 7) is 2.41. The molecule has 0 spiro atoms. The summed E-state index contributed by atoms with van der Waals surface area (Å²) in [6.07, 6.45) is 0. The molecule has 2 aromatic rings. The van der Waals surface area contributed by atoms with Gasteiger partial charge in [-0.3, -0.25) is 0 Å². The van der Waals surface area contributed by atoms with E-state index < -0.39 is 0 Å². The van der Waals surface area contributed by atoms with Gasteiger partial charge in [0.2, 0.25) is 0 Å². The van der Waals surface area contributed by atoms with E-state index in [1.165, 1.54) is 12.1 Å². The van der Waals surface area contributed by atoms with E-state index >= 15 is 0 Å². The second-order valence-electron chi connectivity index (χ2n) is 4.58. The van der Waals surface area contributed by atoms with Crippen molar-refractivity contribution >= 4 is 15.9 Å². The highest BCUT2D eigenvalue weighted by molar-refractivity contribution is 9.10. The van der Waals surface area contributed by atoms with Crippen molar-refractivity contribution in [2.75, 3.05) is 0 Å². The zero-order valence-corrected chi connectivity index (χ0v) is 12.6. The number of hydrogen-bond donors (Lipinski definition) is 1. The third-order valence-electron chi connectivity index (χ3n) is 3.12. The van der Waals surface area contributed by atoms with Crippen molar-refractivity contribution in [1.29, 1.82) is 5.26 Å². The van der Waals surface area contributed by atoms with Crippen molar-refractivity contribution < 1.29 is 4.39 Å². The molecule has 0 saturated carbocycles. The van der Waals surface area contributed by atoms with E-state index in [4.69, 9.17) is 5.26 Å². The Morgan fingerprint density at radius 3 is 2.80 bits per heavy atom. The highest BCUT2D eigenvalue weighted by atomic mass is 79.9. The third kappa shape index (κ3) is 3.66. The molecule has 0 aliphatic heterocycles. The van der Waals surface area contributed by atoms with Crippen molar-refractivity contribution in [1.82, 2.24) is 5.32 Å². The molecule has 2 aromatic carbocycles. The van der Waals surface area contributed by atoms with Crippen LogP contribution < -0.4 is 5.32 Å². The van der Waals surface area contributed by atoms with Crippen molar-refractivity contribution in [3.63, 3.8) is 0 Å². The zero-order valence-electron chi connectivity index (χ0n) is 11.0. The molecule has 20 heavy (non-hydrogen) atoms. The van der Waals surface area contributed by atoms with Crippen molar-refractivity contribution in [2.45, 2.75) is 19.5 Å². The Labute approximate surface area is 126 Å². The Kier molecular flexibility index (Phi) is 4.89. The van der Waals surface area contributed by atoms with Gasteiger partial charge in [0, 0.05) is 22.6 Å². The van der Waals surface area contributed by atoms with Gasteiger partial charge in [0.15, 0.2) is 0 Å². The van der Waals surface area contributed by atoms with E-state index in [2.05, 4.69) is 21.2 Å². The van der Waals surface area contributed by atoms with Crippen LogP contribution in [0.5, 0.6) is 0 Å². The van der Waals surface area contributed by atoms with Crippen LogP contribution in [0.1, 0.15) is 29.7 Å². The summed E-state index contributed by atoms with van der Waals surface area (Å²) >= 11 is 3.43. The smallest absolute Gasteiger partial charge is 0.127 e. The van der Waals surface area contributed by atoms with Crippen LogP contribution in [-0.4, -0.2) is 0 Å². The van der Waals surface area contributed by atoms with Crippen LogP contribution in [0.4, 0.5) is 4.39 Å². The minimum Gasteiger partial charge on any atom is -0.306 e. The Bertz CT molecular complexity index is 649. The summed E-state index contributed by atoms with van der Waals surface area (Å²) in [5.41, 5.74) is 2.10. The van der Waals surface area contributed by atoms with Gasteiger partial charge in [0.1, 0.15) is 5.82 Å². The highest BCUT2D eigenvalue weighted by Crippen LogP contribution is 2.19. The quantitative estimate of drug-likeness (QED) is 0.905. The number of nitriles is 1. The number of nitrogens with zero attached hydrogens (tertiary/aromatic N) is 1. The van der Waals surface area contributed by atoms with Gasteiger partial charge in [-0.05, 0) is 42.8 Å². The summed E-state index contributed by atoms with van der Waals surface area (Å²) in [5, 5.41) is 12.1. The molecule has 1 atom stereocenters. The molecule has 102 valence electrons. The van der Waals surface area contributed by atoms with E-state index in [9.17, 15) is 4.39 Å². The van der Waals surface area contributed by atoms with Crippen molar-refractivity contribution in [3.05, 3.63) is 69.4 Å². The van der Waals surface area contributed by atoms with E-state index in [0.29, 0.717) is 17.7 Å². The van der Waals surface area contributed by atoms with Crippen LogP contribution >= 0.6 is 15.9 Å². The first-order chi connectivity index (χ1) is 9.60. The number of benzene rings is 2. The summed E-state index contributed by atoms with van der Waals surface area (Å²) in [6, 6.07) is 14.5. The Morgan fingerprint density at radius 2 is 2.10 bits per heavy atom. The molecule has 0 fully saturated rings. The van der Waals surface area contributed by atoms with Crippen LogP contribution in [0.15, 0.2) is 46.9 Å². The summed E-state index contributed by atoms with van der Waals surface area (Å²) in [4.78, 5) is 0. The fourth-order valence-electron chi connectivity index (χ4n) is 1.94. The first-order valence-corrected chi connectivity index (χ1v) is 7.07. The second-order valence-corrected chi connectivity index (χ2v) is 5.49. The van der Waals surface area contributed by atoms with Gasteiger partial charge < -0.3 is 5.32 Å². The Hall–Kier alpha value is -1.70. The SMILES string of the molecule is C[C@H](NCc1cc(C#N)ccc1F)c1cccc(Br)c1. The molecule has 0 aliphatic carbocycles. The fraction of sp³-hybridized carbons (Fsp3) is 0.188. The van der Waals surface area contributed by atoms with E-state index in [1.807, 2.05) is 37.3 Å². The number of hydrogen-bond acceptors (Lipinski definition) is 2. The molecule has 0 aromatic heterocycles. The minimum atomic E-state index is -0.294. The summed E-state index contributed by atoms with van der Waals surface area (Å²) in [7, 11) is 0. The number of halogens is 2. The first-order valence-electron chi connectivity index (χ1n) is 6.27. The lowest BCUT2D eigenvalue weighted by molar-refractivity contribution is 0.544. The molecular weight excluding hydrogens is 319 g/mol. The Morgan fingerprint density at radius 1 is 1.30 bits per heavy atom. The van der Waals surface area contributed by atoms with Crippen LogP contribution in [0.3, 0.4) is 0 Å². The molecule has 0 aliphatic rings. The second kappa shape index (κ2) is 6.65. The predicted molar refractivity (Wildman–Crippen MR) is 80.5 cm³/mol. The predicted octanol–water partition coefficient (Wildman–Crippen LogP) is 4.31. The van der Waals surface area contributed by atoms with Crippen LogP contribution in [0, 0.1) is 17.1 Å². The van der Waals surface area contributed by atoms with Gasteiger partial charge >= 0.3 is 0 Å². The average molecular weight is 333 g/mol. The lowest BCUT2D eigenvalue weighted by Gasteiger charge is -2.15. The van der Waals surface area contributed by atoms with Crippen molar-refractivity contribution in [2.24, 2.45) is 0 Å². The minimum absolute atomic E-state index is 0.0950. The molecular formula is C16H14BrFN2.